The number of hydrogen-bond donors (Lipinski definition) is 1. The highest BCUT2D eigenvalue weighted by molar-refractivity contribution is 5.87. The second-order valence-electron chi connectivity index (χ2n) is 8.24. The molecule has 0 bridgehead atoms. The van der Waals surface area contributed by atoms with Crippen LogP contribution in [0.5, 0.6) is 0 Å². The van der Waals surface area contributed by atoms with E-state index in [1.165, 1.54) is 12.8 Å². The van der Waals surface area contributed by atoms with Gasteiger partial charge >= 0.3 is 0 Å². The maximum absolute atomic E-state index is 4.90. The van der Waals surface area contributed by atoms with Crippen LogP contribution in [0.3, 0.4) is 0 Å². The molecule has 0 amide bonds. The highest BCUT2D eigenvalue weighted by Crippen LogP contribution is 2.30. The van der Waals surface area contributed by atoms with E-state index in [4.69, 9.17) is 4.98 Å². The van der Waals surface area contributed by atoms with Gasteiger partial charge in [0.25, 0.3) is 0 Å². The standard InChI is InChI=1S/C21H28N8/c1-15-7-12-29(21-23-9-6-18(26-21)28-10-3-4-11-28)13-17(15)27(2)20-16-5-8-22-19(16)24-14-25-20/h5-6,8-9,14-15,17H,3-4,7,10-13H2,1-2H3,(H,22,24,25). The van der Waals surface area contributed by atoms with Crippen LogP contribution in [0.25, 0.3) is 11.0 Å². The molecule has 5 heterocycles. The molecule has 8 nitrogen and oxygen atoms in total. The highest BCUT2D eigenvalue weighted by Gasteiger charge is 2.32. The van der Waals surface area contributed by atoms with Gasteiger partial charge in [0.05, 0.1) is 11.4 Å². The van der Waals surface area contributed by atoms with Crippen molar-refractivity contribution in [2.75, 3.05) is 47.9 Å². The molecular weight excluding hydrogens is 364 g/mol. The predicted octanol–water partition coefficient (Wildman–Crippen LogP) is 2.70. The lowest BCUT2D eigenvalue weighted by Gasteiger charge is -2.42. The van der Waals surface area contributed by atoms with Crippen molar-refractivity contribution in [2.45, 2.75) is 32.2 Å². The number of anilines is 3. The van der Waals surface area contributed by atoms with Crippen molar-refractivity contribution in [2.24, 2.45) is 5.92 Å². The summed E-state index contributed by atoms with van der Waals surface area (Å²) in [6.45, 7) is 6.39. The second kappa shape index (κ2) is 7.50. The van der Waals surface area contributed by atoms with Crippen molar-refractivity contribution in [3.8, 4) is 0 Å². The van der Waals surface area contributed by atoms with E-state index in [1.54, 1.807) is 6.33 Å². The number of nitrogens with zero attached hydrogens (tertiary/aromatic N) is 7. The zero-order valence-electron chi connectivity index (χ0n) is 17.1. The van der Waals surface area contributed by atoms with Crippen molar-refractivity contribution in [3.05, 3.63) is 30.9 Å². The van der Waals surface area contributed by atoms with Gasteiger partial charge in [0.15, 0.2) is 0 Å². The Morgan fingerprint density at radius 2 is 1.93 bits per heavy atom. The van der Waals surface area contributed by atoms with E-state index in [9.17, 15) is 0 Å². The quantitative estimate of drug-likeness (QED) is 0.731. The van der Waals surface area contributed by atoms with Crippen LogP contribution in [0.2, 0.25) is 0 Å². The van der Waals surface area contributed by atoms with Gasteiger partial charge in [-0.05, 0) is 37.3 Å². The fraction of sp³-hybridized carbons (Fsp3) is 0.524. The molecule has 2 atom stereocenters. The van der Waals surface area contributed by atoms with Crippen molar-refractivity contribution in [3.63, 3.8) is 0 Å². The lowest BCUT2D eigenvalue weighted by Crippen LogP contribution is -2.51. The minimum atomic E-state index is 0.329. The van der Waals surface area contributed by atoms with Crippen LogP contribution >= 0.6 is 0 Å². The first kappa shape index (κ1) is 18.1. The van der Waals surface area contributed by atoms with Crippen molar-refractivity contribution < 1.29 is 0 Å². The Bertz CT molecular complexity index is 979. The van der Waals surface area contributed by atoms with Gasteiger partial charge in [0, 0.05) is 45.6 Å². The normalized spacial score (nSPS) is 22.4. The Morgan fingerprint density at radius 1 is 1.07 bits per heavy atom. The Labute approximate surface area is 171 Å². The molecule has 0 radical (unpaired) electrons. The molecule has 2 aliphatic rings. The third-order valence-electron chi connectivity index (χ3n) is 6.42. The fourth-order valence-electron chi connectivity index (χ4n) is 4.65. The summed E-state index contributed by atoms with van der Waals surface area (Å²) in [6.07, 6.45) is 9.07. The topological polar surface area (TPSA) is 77.1 Å². The molecule has 29 heavy (non-hydrogen) atoms. The van der Waals surface area contributed by atoms with E-state index in [-0.39, 0.29) is 0 Å². The maximum atomic E-state index is 4.90. The third kappa shape index (κ3) is 3.36. The summed E-state index contributed by atoms with van der Waals surface area (Å²) < 4.78 is 0. The summed E-state index contributed by atoms with van der Waals surface area (Å²) in [7, 11) is 2.14. The van der Waals surface area contributed by atoms with Crippen LogP contribution in [0, 0.1) is 5.92 Å². The molecule has 2 fully saturated rings. The summed E-state index contributed by atoms with van der Waals surface area (Å²) in [5, 5.41) is 1.06. The molecule has 152 valence electrons. The number of fused-ring (bicyclic) bond motifs is 1. The van der Waals surface area contributed by atoms with Gasteiger partial charge in [0.2, 0.25) is 5.95 Å². The zero-order valence-corrected chi connectivity index (χ0v) is 17.1. The number of H-pyrrole nitrogens is 1. The van der Waals surface area contributed by atoms with Gasteiger partial charge in [-0.2, -0.15) is 4.98 Å². The molecule has 0 aliphatic carbocycles. The molecule has 8 heteroatoms. The lowest BCUT2D eigenvalue weighted by atomic mass is 9.92. The van der Waals surface area contributed by atoms with Gasteiger partial charge in [-0.1, -0.05) is 6.92 Å². The minimum Gasteiger partial charge on any atom is -0.356 e. The first-order valence-corrected chi connectivity index (χ1v) is 10.5. The van der Waals surface area contributed by atoms with Gasteiger partial charge in [-0.25, -0.2) is 15.0 Å². The van der Waals surface area contributed by atoms with Gasteiger partial charge < -0.3 is 19.7 Å². The molecule has 2 unspecified atom stereocenters. The Hall–Kier alpha value is -2.90. The maximum Gasteiger partial charge on any atom is 0.227 e. The number of aromatic nitrogens is 5. The van der Waals surface area contributed by atoms with E-state index in [0.29, 0.717) is 12.0 Å². The smallest absolute Gasteiger partial charge is 0.227 e. The number of likely N-dealkylation sites (N-methyl/N-ethyl adjacent to an activating group) is 1. The predicted molar refractivity (Wildman–Crippen MR) is 116 cm³/mol. The Balaban J connectivity index is 1.39. The number of piperidine rings is 1. The van der Waals surface area contributed by atoms with Gasteiger partial charge in [-0.3, -0.25) is 0 Å². The van der Waals surface area contributed by atoms with Gasteiger partial charge in [0.1, 0.15) is 23.6 Å². The molecule has 0 aromatic carbocycles. The van der Waals surface area contributed by atoms with E-state index in [1.807, 2.05) is 18.5 Å². The molecule has 1 N–H and O–H groups in total. The van der Waals surface area contributed by atoms with Crippen molar-refractivity contribution in [1.82, 2.24) is 24.9 Å². The largest absolute Gasteiger partial charge is 0.356 e. The number of rotatable bonds is 4. The average molecular weight is 393 g/mol. The third-order valence-corrected chi connectivity index (χ3v) is 6.42. The van der Waals surface area contributed by atoms with Crippen molar-refractivity contribution >= 4 is 28.6 Å². The van der Waals surface area contributed by atoms with E-state index >= 15 is 0 Å². The number of nitrogens with one attached hydrogen (secondary N) is 1. The Morgan fingerprint density at radius 3 is 2.79 bits per heavy atom. The minimum absolute atomic E-state index is 0.329. The lowest BCUT2D eigenvalue weighted by molar-refractivity contribution is 0.364. The summed E-state index contributed by atoms with van der Waals surface area (Å²) >= 11 is 0. The van der Waals surface area contributed by atoms with Crippen LogP contribution in [0.1, 0.15) is 26.2 Å². The first-order chi connectivity index (χ1) is 14.2. The van der Waals surface area contributed by atoms with Crippen LogP contribution in [0.15, 0.2) is 30.9 Å². The average Bonchev–Trinajstić information content (AvgIpc) is 3.45. The molecule has 2 saturated heterocycles. The summed E-state index contributed by atoms with van der Waals surface area (Å²) in [6, 6.07) is 4.42. The second-order valence-corrected chi connectivity index (χ2v) is 8.24. The summed E-state index contributed by atoms with van der Waals surface area (Å²) in [5.41, 5.74) is 0.879. The number of aromatic amines is 1. The van der Waals surface area contributed by atoms with E-state index in [0.717, 1.165) is 61.2 Å². The van der Waals surface area contributed by atoms with Crippen LogP contribution in [-0.2, 0) is 0 Å². The molecule has 0 saturated carbocycles. The molecular formula is C21H28N8. The van der Waals surface area contributed by atoms with Crippen LogP contribution in [-0.4, -0.2) is 64.2 Å². The number of hydrogen-bond acceptors (Lipinski definition) is 7. The van der Waals surface area contributed by atoms with Crippen molar-refractivity contribution in [1.29, 1.82) is 0 Å². The van der Waals surface area contributed by atoms with E-state index < -0.39 is 0 Å². The van der Waals surface area contributed by atoms with Gasteiger partial charge in [-0.15, -0.1) is 0 Å². The van der Waals surface area contributed by atoms with Crippen LogP contribution < -0.4 is 14.7 Å². The highest BCUT2D eigenvalue weighted by atomic mass is 15.3. The summed E-state index contributed by atoms with van der Waals surface area (Å²) in [4.78, 5) is 28.6. The molecule has 5 rings (SSSR count). The summed E-state index contributed by atoms with van der Waals surface area (Å²) in [5.74, 6) is 3.43. The fourth-order valence-corrected chi connectivity index (χ4v) is 4.65. The molecule has 0 spiro atoms. The molecule has 2 aliphatic heterocycles. The van der Waals surface area contributed by atoms with E-state index in [2.05, 4.69) is 54.7 Å². The first-order valence-electron chi connectivity index (χ1n) is 10.5. The molecule has 3 aromatic rings. The Kier molecular flexibility index (Phi) is 4.69. The zero-order chi connectivity index (χ0) is 19.8. The monoisotopic (exact) mass is 392 g/mol. The SMILES string of the molecule is CC1CCN(c2nccc(N3CCCC3)n2)CC1N(C)c1ncnc2[nH]ccc12. The molecule has 3 aromatic heterocycles. The van der Waals surface area contributed by atoms with Crippen LogP contribution in [0.4, 0.5) is 17.6 Å².